The van der Waals surface area contributed by atoms with Crippen LogP contribution in [-0.2, 0) is 6.42 Å². The number of benzene rings is 2. The highest BCUT2D eigenvalue weighted by Crippen LogP contribution is 2.38. The Labute approximate surface area is 123 Å². The van der Waals surface area contributed by atoms with Crippen LogP contribution in [0.25, 0.3) is 0 Å². The number of hydrogen-bond donors (Lipinski definition) is 1. The minimum absolute atomic E-state index is 0.136. The van der Waals surface area contributed by atoms with Gasteiger partial charge in [-0.2, -0.15) is 0 Å². The first-order valence-corrected chi connectivity index (χ1v) is 7.02. The fraction of sp³-hybridized carbons (Fsp3) is 0.200. The number of hydrogen-bond acceptors (Lipinski definition) is 2. The molecule has 0 bridgehead atoms. The van der Waals surface area contributed by atoms with E-state index >= 15 is 0 Å². The van der Waals surface area contributed by atoms with Crippen LogP contribution < -0.4 is 10.5 Å². The van der Waals surface area contributed by atoms with Crippen molar-refractivity contribution in [3.8, 4) is 5.75 Å². The Balaban J connectivity index is 2.14. The Morgan fingerprint density at radius 1 is 1.20 bits per heavy atom. The van der Waals surface area contributed by atoms with Crippen molar-refractivity contribution in [3.05, 3.63) is 63.1 Å². The lowest BCUT2D eigenvalue weighted by atomic mass is 9.96. The van der Waals surface area contributed by atoms with E-state index in [1.54, 1.807) is 6.07 Å². The SMILES string of the molecule is NC(c1cc(Br)cc2c1OCC2)c1c(F)cccc1F. The van der Waals surface area contributed by atoms with E-state index in [-0.39, 0.29) is 5.56 Å². The van der Waals surface area contributed by atoms with Crippen LogP contribution in [0, 0.1) is 11.6 Å². The second-order valence-corrected chi connectivity index (χ2v) is 5.61. The van der Waals surface area contributed by atoms with Crippen molar-refractivity contribution in [2.24, 2.45) is 5.73 Å². The second kappa shape index (κ2) is 5.14. The van der Waals surface area contributed by atoms with Gasteiger partial charge in [0.05, 0.1) is 12.6 Å². The van der Waals surface area contributed by atoms with Gasteiger partial charge in [0.2, 0.25) is 0 Å². The molecule has 5 heteroatoms. The van der Waals surface area contributed by atoms with Gasteiger partial charge in [0.25, 0.3) is 0 Å². The number of rotatable bonds is 2. The van der Waals surface area contributed by atoms with Gasteiger partial charge in [-0.3, -0.25) is 0 Å². The molecule has 0 amide bonds. The largest absolute Gasteiger partial charge is 0.493 e. The van der Waals surface area contributed by atoms with E-state index in [1.807, 2.05) is 6.07 Å². The maximum absolute atomic E-state index is 13.9. The van der Waals surface area contributed by atoms with Crippen molar-refractivity contribution in [1.82, 2.24) is 0 Å². The molecule has 2 N–H and O–H groups in total. The number of fused-ring (bicyclic) bond motifs is 1. The summed E-state index contributed by atoms with van der Waals surface area (Å²) < 4.78 is 34.1. The van der Waals surface area contributed by atoms with Crippen LogP contribution in [0.2, 0.25) is 0 Å². The van der Waals surface area contributed by atoms with Gasteiger partial charge >= 0.3 is 0 Å². The molecule has 104 valence electrons. The van der Waals surface area contributed by atoms with Crippen LogP contribution >= 0.6 is 15.9 Å². The van der Waals surface area contributed by atoms with Gasteiger partial charge < -0.3 is 10.5 Å². The van der Waals surface area contributed by atoms with E-state index in [1.165, 1.54) is 18.2 Å². The van der Waals surface area contributed by atoms with Gasteiger partial charge in [-0.1, -0.05) is 22.0 Å². The fourth-order valence-corrected chi connectivity index (χ4v) is 3.02. The first-order valence-electron chi connectivity index (χ1n) is 6.22. The van der Waals surface area contributed by atoms with Crippen molar-refractivity contribution < 1.29 is 13.5 Å². The Morgan fingerprint density at radius 3 is 2.60 bits per heavy atom. The first kappa shape index (κ1) is 13.5. The Morgan fingerprint density at radius 2 is 1.90 bits per heavy atom. The van der Waals surface area contributed by atoms with E-state index in [0.29, 0.717) is 17.9 Å². The summed E-state index contributed by atoms with van der Waals surface area (Å²) in [5.41, 5.74) is 7.54. The number of nitrogens with two attached hydrogens (primary N) is 1. The standard InChI is InChI=1S/C15H12BrF2NO/c16-9-6-8-4-5-20-15(8)10(7-9)14(19)13-11(17)2-1-3-12(13)18/h1-3,6-7,14H,4-5,19H2. The van der Waals surface area contributed by atoms with Gasteiger partial charge in [-0.25, -0.2) is 8.78 Å². The summed E-state index contributed by atoms with van der Waals surface area (Å²) in [5.74, 6) is -0.656. The van der Waals surface area contributed by atoms with Crippen LogP contribution in [0.1, 0.15) is 22.7 Å². The molecule has 2 nitrogen and oxygen atoms in total. The maximum atomic E-state index is 13.9. The summed E-state index contributed by atoms with van der Waals surface area (Å²) in [6.45, 7) is 0.561. The number of ether oxygens (including phenoxy) is 1. The summed E-state index contributed by atoms with van der Waals surface area (Å²) >= 11 is 3.40. The van der Waals surface area contributed by atoms with Gasteiger partial charge in [-0.05, 0) is 29.8 Å². The molecule has 0 spiro atoms. The van der Waals surface area contributed by atoms with E-state index in [2.05, 4.69) is 15.9 Å². The van der Waals surface area contributed by atoms with E-state index in [4.69, 9.17) is 10.5 Å². The number of halogens is 3. The molecule has 3 rings (SSSR count). The van der Waals surface area contributed by atoms with Gasteiger partial charge in [0.1, 0.15) is 17.4 Å². The zero-order chi connectivity index (χ0) is 14.3. The Kier molecular flexibility index (Phi) is 3.48. The van der Waals surface area contributed by atoms with Crippen molar-refractivity contribution >= 4 is 15.9 Å². The van der Waals surface area contributed by atoms with E-state index < -0.39 is 17.7 Å². The van der Waals surface area contributed by atoms with Crippen LogP contribution in [0.5, 0.6) is 5.75 Å². The Bertz CT molecular complexity index is 655. The van der Waals surface area contributed by atoms with Crippen molar-refractivity contribution in [2.75, 3.05) is 6.61 Å². The van der Waals surface area contributed by atoms with E-state index in [9.17, 15) is 8.78 Å². The smallest absolute Gasteiger partial charge is 0.131 e. The summed E-state index contributed by atoms with van der Waals surface area (Å²) in [7, 11) is 0. The normalized spacial score (nSPS) is 14.8. The minimum atomic E-state index is -0.902. The topological polar surface area (TPSA) is 35.2 Å². The molecule has 2 aromatic rings. The van der Waals surface area contributed by atoms with Gasteiger partial charge in [-0.15, -0.1) is 0 Å². The predicted octanol–water partition coefficient (Wildman–Crippen LogP) is 3.71. The van der Waals surface area contributed by atoms with E-state index in [0.717, 1.165) is 16.5 Å². The molecule has 2 aromatic carbocycles. The molecule has 0 aromatic heterocycles. The molecule has 1 heterocycles. The summed E-state index contributed by atoms with van der Waals surface area (Å²) in [6.07, 6.45) is 0.772. The first-order chi connectivity index (χ1) is 9.58. The summed E-state index contributed by atoms with van der Waals surface area (Å²) in [6, 6.07) is 6.52. The highest BCUT2D eigenvalue weighted by Gasteiger charge is 2.25. The molecule has 0 saturated carbocycles. The molecular weight excluding hydrogens is 328 g/mol. The third-order valence-corrected chi connectivity index (χ3v) is 3.88. The zero-order valence-electron chi connectivity index (χ0n) is 10.5. The lowest BCUT2D eigenvalue weighted by Gasteiger charge is -2.17. The molecule has 20 heavy (non-hydrogen) atoms. The predicted molar refractivity (Wildman–Crippen MR) is 75.7 cm³/mol. The molecule has 0 saturated heterocycles. The molecule has 1 unspecified atom stereocenters. The lowest BCUT2D eigenvalue weighted by molar-refractivity contribution is 0.352. The van der Waals surface area contributed by atoms with Crippen LogP contribution in [0.3, 0.4) is 0 Å². The Hall–Kier alpha value is -1.46. The average molecular weight is 340 g/mol. The molecule has 0 radical (unpaired) electrons. The van der Waals surface area contributed by atoms with Crippen LogP contribution in [0.4, 0.5) is 8.78 Å². The monoisotopic (exact) mass is 339 g/mol. The molecular formula is C15H12BrF2NO. The lowest BCUT2D eigenvalue weighted by Crippen LogP contribution is -2.16. The van der Waals surface area contributed by atoms with Crippen molar-refractivity contribution in [1.29, 1.82) is 0 Å². The maximum Gasteiger partial charge on any atom is 0.131 e. The molecule has 1 aliphatic rings. The average Bonchev–Trinajstić information content (AvgIpc) is 2.85. The van der Waals surface area contributed by atoms with Gasteiger partial charge in [0, 0.05) is 22.0 Å². The zero-order valence-corrected chi connectivity index (χ0v) is 12.1. The van der Waals surface area contributed by atoms with Gasteiger partial charge in [0.15, 0.2) is 0 Å². The molecule has 0 aliphatic carbocycles. The van der Waals surface area contributed by atoms with Crippen LogP contribution in [0.15, 0.2) is 34.8 Å². The van der Waals surface area contributed by atoms with Crippen LogP contribution in [-0.4, -0.2) is 6.61 Å². The van der Waals surface area contributed by atoms with Crippen molar-refractivity contribution in [2.45, 2.75) is 12.5 Å². The highest BCUT2D eigenvalue weighted by molar-refractivity contribution is 9.10. The summed E-state index contributed by atoms with van der Waals surface area (Å²) in [5, 5.41) is 0. The molecule has 1 atom stereocenters. The van der Waals surface area contributed by atoms with Crippen molar-refractivity contribution in [3.63, 3.8) is 0 Å². The molecule has 1 aliphatic heterocycles. The quantitative estimate of drug-likeness (QED) is 0.905. The summed E-state index contributed by atoms with van der Waals surface area (Å²) in [4.78, 5) is 0. The molecule has 0 fully saturated rings. The second-order valence-electron chi connectivity index (χ2n) is 4.69. The fourth-order valence-electron chi connectivity index (χ4n) is 2.49. The highest BCUT2D eigenvalue weighted by atomic mass is 79.9. The minimum Gasteiger partial charge on any atom is -0.493 e. The third kappa shape index (κ3) is 2.21. The third-order valence-electron chi connectivity index (χ3n) is 3.42.